The van der Waals surface area contributed by atoms with E-state index in [-0.39, 0.29) is 11.7 Å². The second-order valence-corrected chi connectivity index (χ2v) is 7.09. The van der Waals surface area contributed by atoms with Crippen molar-refractivity contribution in [2.24, 2.45) is 5.92 Å². The molecule has 20 heavy (non-hydrogen) atoms. The molecule has 1 N–H and O–H groups in total. The lowest BCUT2D eigenvalue weighted by molar-refractivity contribution is -0.137. The zero-order chi connectivity index (χ0) is 14.2. The lowest BCUT2D eigenvalue weighted by atomic mass is 9.81. The number of nitrogens with one attached hydrogen (secondary N) is 1. The van der Waals surface area contributed by atoms with Crippen molar-refractivity contribution >= 4 is 5.91 Å². The van der Waals surface area contributed by atoms with E-state index in [4.69, 9.17) is 0 Å². The number of carbonyl (C=O) groups excluding carboxylic acids is 1. The fourth-order valence-corrected chi connectivity index (χ4v) is 4.89. The molecule has 0 aromatic heterocycles. The molecule has 1 spiro atoms. The fourth-order valence-electron chi connectivity index (χ4n) is 4.89. The molecule has 1 heterocycles. The van der Waals surface area contributed by atoms with Gasteiger partial charge >= 0.3 is 0 Å². The molecule has 114 valence electrons. The van der Waals surface area contributed by atoms with E-state index in [2.05, 4.69) is 24.1 Å². The number of hydrogen-bond acceptors (Lipinski definition) is 2. The van der Waals surface area contributed by atoms with Crippen LogP contribution in [0.4, 0.5) is 0 Å². The summed E-state index contributed by atoms with van der Waals surface area (Å²) in [6.45, 7) is 4.51. The zero-order valence-electron chi connectivity index (χ0n) is 13.2. The SMILES string of the molecule is CCC1CCCCC1N1C(=O)C2(CCCC2)NC1CC. The van der Waals surface area contributed by atoms with Gasteiger partial charge in [0.1, 0.15) is 0 Å². The van der Waals surface area contributed by atoms with Crippen molar-refractivity contribution in [1.29, 1.82) is 0 Å². The van der Waals surface area contributed by atoms with Crippen LogP contribution in [0.3, 0.4) is 0 Å². The highest BCUT2D eigenvalue weighted by Gasteiger charge is 2.54. The Morgan fingerprint density at radius 3 is 2.45 bits per heavy atom. The molecule has 3 atom stereocenters. The summed E-state index contributed by atoms with van der Waals surface area (Å²) in [6.07, 6.45) is 12.3. The third-order valence-corrected chi connectivity index (χ3v) is 6.02. The predicted octanol–water partition coefficient (Wildman–Crippen LogP) is 3.44. The summed E-state index contributed by atoms with van der Waals surface area (Å²) >= 11 is 0. The third kappa shape index (κ3) is 2.18. The number of nitrogens with zero attached hydrogens (tertiary/aromatic N) is 1. The summed E-state index contributed by atoms with van der Waals surface area (Å²) in [6, 6.07) is 0.499. The van der Waals surface area contributed by atoms with Crippen LogP contribution in [0.1, 0.15) is 78.1 Å². The second-order valence-electron chi connectivity index (χ2n) is 7.09. The average Bonchev–Trinajstić information content (AvgIpc) is 3.06. The topological polar surface area (TPSA) is 32.3 Å². The first-order chi connectivity index (χ1) is 9.72. The van der Waals surface area contributed by atoms with E-state index in [0.717, 1.165) is 25.2 Å². The summed E-state index contributed by atoms with van der Waals surface area (Å²) in [5, 5.41) is 3.73. The Morgan fingerprint density at radius 2 is 1.80 bits per heavy atom. The number of amides is 1. The summed E-state index contributed by atoms with van der Waals surface area (Å²) < 4.78 is 0. The minimum absolute atomic E-state index is 0.184. The van der Waals surface area contributed by atoms with E-state index in [1.807, 2.05) is 0 Å². The minimum atomic E-state index is -0.184. The maximum absolute atomic E-state index is 13.1. The van der Waals surface area contributed by atoms with Gasteiger partial charge < -0.3 is 4.90 Å². The zero-order valence-corrected chi connectivity index (χ0v) is 13.2. The van der Waals surface area contributed by atoms with Crippen LogP contribution in [-0.4, -0.2) is 28.6 Å². The van der Waals surface area contributed by atoms with Gasteiger partial charge in [0.15, 0.2) is 0 Å². The Kier molecular flexibility index (Phi) is 4.07. The molecular formula is C17H30N2O. The largest absolute Gasteiger partial charge is 0.322 e. The van der Waals surface area contributed by atoms with Gasteiger partial charge in [-0.1, -0.05) is 46.0 Å². The van der Waals surface area contributed by atoms with Crippen molar-refractivity contribution in [3.8, 4) is 0 Å². The van der Waals surface area contributed by atoms with Crippen LogP contribution >= 0.6 is 0 Å². The molecule has 1 saturated heterocycles. The van der Waals surface area contributed by atoms with Crippen LogP contribution in [0, 0.1) is 5.92 Å². The Labute approximate surface area is 123 Å². The van der Waals surface area contributed by atoms with Gasteiger partial charge in [-0.05, 0) is 38.0 Å². The molecule has 2 aliphatic carbocycles. The molecule has 3 nitrogen and oxygen atoms in total. The average molecular weight is 278 g/mol. The highest BCUT2D eigenvalue weighted by molar-refractivity contribution is 5.89. The number of rotatable bonds is 3. The van der Waals surface area contributed by atoms with Crippen molar-refractivity contribution in [2.45, 2.75) is 95.8 Å². The summed E-state index contributed by atoms with van der Waals surface area (Å²) in [4.78, 5) is 15.4. The van der Waals surface area contributed by atoms with Crippen LogP contribution in [0.15, 0.2) is 0 Å². The summed E-state index contributed by atoms with van der Waals surface area (Å²) in [5.74, 6) is 1.16. The first-order valence-corrected chi connectivity index (χ1v) is 8.82. The van der Waals surface area contributed by atoms with Crippen molar-refractivity contribution in [3.63, 3.8) is 0 Å². The molecule has 0 aromatic rings. The standard InChI is InChI=1S/C17H30N2O/c1-3-13-9-5-6-10-14(13)19-15(4-2)18-17(16(19)20)11-7-8-12-17/h13-15,18H,3-12H2,1-2H3. The van der Waals surface area contributed by atoms with Crippen LogP contribution in [0.2, 0.25) is 0 Å². The quantitative estimate of drug-likeness (QED) is 0.857. The van der Waals surface area contributed by atoms with Gasteiger partial charge in [-0.15, -0.1) is 0 Å². The van der Waals surface area contributed by atoms with E-state index in [1.54, 1.807) is 0 Å². The van der Waals surface area contributed by atoms with E-state index in [1.165, 1.54) is 44.9 Å². The lowest BCUT2D eigenvalue weighted by Gasteiger charge is -2.40. The molecule has 3 unspecified atom stereocenters. The normalized spacial score (nSPS) is 37.0. The Hall–Kier alpha value is -0.570. The first-order valence-electron chi connectivity index (χ1n) is 8.82. The molecule has 3 rings (SSSR count). The smallest absolute Gasteiger partial charge is 0.244 e. The predicted molar refractivity (Wildman–Crippen MR) is 81.3 cm³/mol. The molecule has 2 saturated carbocycles. The van der Waals surface area contributed by atoms with E-state index >= 15 is 0 Å². The van der Waals surface area contributed by atoms with E-state index in [0.29, 0.717) is 11.9 Å². The second kappa shape index (κ2) is 5.67. The van der Waals surface area contributed by atoms with Gasteiger partial charge in [0, 0.05) is 6.04 Å². The maximum Gasteiger partial charge on any atom is 0.244 e. The van der Waals surface area contributed by atoms with Crippen LogP contribution in [0.25, 0.3) is 0 Å². The van der Waals surface area contributed by atoms with Gasteiger partial charge in [0.25, 0.3) is 0 Å². The van der Waals surface area contributed by atoms with E-state index in [9.17, 15) is 4.79 Å². The Morgan fingerprint density at radius 1 is 1.10 bits per heavy atom. The maximum atomic E-state index is 13.1. The van der Waals surface area contributed by atoms with Crippen LogP contribution in [-0.2, 0) is 4.79 Å². The molecule has 0 radical (unpaired) electrons. The number of hydrogen-bond donors (Lipinski definition) is 1. The summed E-state index contributed by atoms with van der Waals surface area (Å²) in [7, 11) is 0. The molecule has 3 heteroatoms. The van der Waals surface area contributed by atoms with Gasteiger partial charge in [0.2, 0.25) is 5.91 Å². The van der Waals surface area contributed by atoms with Crippen molar-refractivity contribution in [1.82, 2.24) is 10.2 Å². The van der Waals surface area contributed by atoms with Gasteiger partial charge in [-0.3, -0.25) is 10.1 Å². The molecular weight excluding hydrogens is 248 g/mol. The summed E-state index contributed by atoms with van der Waals surface area (Å²) in [5.41, 5.74) is -0.184. The van der Waals surface area contributed by atoms with Gasteiger partial charge in [-0.2, -0.15) is 0 Å². The highest BCUT2D eigenvalue weighted by atomic mass is 16.2. The van der Waals surface area contributed by atoms with Crippen molar-refractivity contribution in [2.75, 3.05) is 0 Å². The Balaban J connectivity index is 1.84. The van der Waals surface area contributed by atoms with E-state index < -0.39 is 0 Å². The minimum Gasteiger partial charge on any atom is -0.322 e. The fraction of sp³-hybridized carbons (Fsp3) is 0.941. The molecule has 0 bridgehead atoms. The van der Waals surface area contributed by atoms with Gasteiger partial charge in [0.05, 0.1) is 11.7 Å². The molecule has 1 amide bonds. The molecule has 0 aromatic carbocycles. The molecule has 1 aliphatic heterocycles. The van der Waals surface area contributed by atoms with Crippen molar-refractivity contribution in [3.05, 3.63) is 0 Å². The molecule has 3 fully saturated rings. The molecule has 3 aliphatic rings. The van der Waals surface area contributed by atoms with Crippen molar-refractivity contribution < 1.29 is 4.79 Å². The monoisotopic (exact) mass is 278 g/mol. The first kappa shape index (κ1) is 14.4. The highest BCUT2D eigenvalue weighted by Crippen LogP contribution is 2.41. The van der Waals surface area contributed by atoms with Crippen LogP contribution < -0.4 is 5.32 Å². The van der Waals surface area contributed by atoms with Crippen LogP contribution in [0.5, 0.6) is 0 Å². The lowest BCUT2D eigenvalue weighted by Crippen LogP contribution is -2.49. The Bertz CT molecular complexity index is 362. The van der Waals surface area contributed by atoms with Gasteiger partial charge in [-0.25, -0.2) is 0 Å². The number of carbonyl (C=O) groups is 1. The third-order valence-electron chi connectivity index (χ3n) is 6.02.